The first-order chi connectivity index (χ1) is 8.86. The fraction of sp³-hybridized carbons (Fsp3) is 0.571. The first kappa shape index (κ1) is 15.4. The zero-order chi connectivity index (χ0) is 14.6. The van der Waals surface area contributed by atoms with Gasteiger partial charge in [0.25, 0.3) is 5.69 Å². The lowest BCUT2D eigenvalue weighted by atomic mass is 10.0. The molecular formula is C14H22N2O3. The lowest BCUT2D eigenvalue weighted by molar-refractivity contribution is -0.384. The number of benzene rings is 1. The highest BCUT2D eigenvalue weighted by atomic mass is 16.6. The van der Waals surface area contributed by atoms with Crippen molar-refractivity contribution < 1.29 is 10.0 Å². The van der Waals surface area contributed by atoms with Crippen molar-refractivity contribution in [1.82, 2.24) is 0 Å². The number of hydrogen-bond acceptors (Lipinski definition) is 4. The van der Waals surface area contributed by atoms with E-state index >= 15 is 0 Å². The Morgan fingerprint density at radius 1 is 1.37 bits per heavy atom. The minimum absolute atomic E-state index is 0.0460. The van der Waals surface area contributed by atoms with Gasteiger partial charge in [-0.25, -0.2) is 0 Å². The monoisotopic (exact) mass is 266 g/mol. The topological polar surface area (TPSA) is 66.6 Å². The Bertz CT molecular complexity index is 446. The van der Waals surface area contributed by atoms with E-state index in [0.717, 1.165) is 6.42 Å². The summed E-state index contributed by atoms with van der Waals surface area (Å²) in [5.41, 5.74) is 1.19. The van der Waals surface area contributed by atoms with Crippen molar-refractivity contribution >= 4 is 11.4 Å². The summed E-state index contributed by atoms with van der Waals surface area (Å²) in [6.07, 6.45) is 0.968. The van der Waals surface area contributed by atoms with Crippen molar-refractivity contribution in [2.24, 2.45) is 5.92 Å². The molecule has 0 fully saturated rings. The molecule has 0 aromatic heterocycles. The fourth-order valence-corrected chi connectivity index (χ4v) is 2.19. The molecule has 0 radical (unpaired) electrons. The van der Waals surface area contributed by atoms with Gasteiger partial charge in [0.2, 0.25) is 0 Å². The molecule has 0 saturated heterocycles. The molecule has 1 atom stereocenters. The average Bonchev–Trinajstić information content (AvgIpc) is 2.36. The third-order valence-electron chi connectivity index (χ3n) is 3.27. The molecule has 0 spiro atoms. The lowest BCUT2D eigenvalue weighted by Crippen LogP contribution is -2.30. The molecule has 5 heteroatoms. The highest BCUT2D eigenvalue weighted by Gasteiger charge is 2.21. The Balaban J connectivity index is 3.08. The second kappa shape index (κ2) is 6.52. The molecule has 0 bridgehead atoms. The largest absolute Gasteiger partial charge is 0.392 e. The number of rotatable bonds is 6. The van der Waals surface area contributed by atoms with Crippen LogP contribution in [0, 0.1) is 16.0 Å². The number of nitro benzene ring substituents is 1. The smallest absolute Gasteiger partial charge is 0.292 e. The van der Waals surface area contributed by atoms with E-state index in [4.69, 9.17) is 5.11 Å². The van der Waals surface area contributed by atoms with Crippen molar-refractivity contribution in [3.05, 3.63) is 33.9 Å². The SMILES string of the molecule is CC(C)CC(C)N(C)c1ccc(CO)cc1[N+](=O)[O-]. The third-order valence-corrected chi connectivity index (χ3v) is 3.27. The van der Waals surface area contributed by atoms with Gasteiger partial charge in [-0.2, -0.15) is 0 Å². The van der Waals surface area contributed by atoms with Crippen LogP contribution < -0.4 is 4.90 Å². The summed E-state index contributed by atoms with van der Waals surface area (Å²) in [6.45, 7) is 6.14. The van der Waals surface area contributed by atoms with Crippen LogP contribution in [0.4, 0.5) is 11.4 Å². The van der Waals surface area contributed by atoms with E-state index in [1.54, 1.807) is 12.1 Å². The number of nitro groups is 1. The first-order valence-corrected chi connectivity index (χ1v) is 6.47. The number of hydrogen-bond donors (Lipinski definition) is 1. The Kier molecular flexibility index (Phi) is 5.30. The van der Waals surface area contributed by atoms with Crippen LogP contribution in [0.1, 0.15) is 32.8 Å². The summed E-state index contributed by atoms with van der Waals surface area (Å²) in [5.74, 6) is 0.535. The molecule has 1 unspecified atom stereocenters. The number of aliphatic hydroxyl groups is 1. The van der Waals surface area contributed by atoms with Crippen molar-refractivity contribution in [3.63, 3.8) is 0 Å². The molecular weight excluding hydrogens is 244 g/mol. The second-order valence-corrected chi connectivity index (χ2v) is 5.33. The van der Waals surface area contributed by atoms with Gasteiger partial charge in [0.15, 0.2) is 0 Å². The molecule has 0 aliphatic heterocycles. The summed E-state index contributed by atoms with van der Waals surface area (Å²) >= 11 is 0. The Morgan fingerprint density at radius 2 is 2.00 bits per heavy atom. The number of nitrogens with zero attached hydrogens (tertiary/aromatic N) is 2. The zero-order valence-electron chi connectivity index (χ0n) is 12.0. The van der Waals surface area contributed by atoms with Gasteiger partial charge in [-0.1, -0.05) is 19.9 Å². The fourth-order valence-electron chi connectivity index (χ4n) is 2.19. The van der Waals surface area contributed by atoms with Crippen LogP contribution >= 0.6 is 0 Å². The molecule has 1 aromatic carbocycles. The van der Waals surface area contributed by atoms with E-state index in [2.05, 4.69) is 20.8 Å². The minimum atomic E-state index is -0.396. The van der Waals surface area contributed by atoms with E-state index < -0.39 is 4.92 Å². The second-order valence-electron chi connectivity index (χ2n) is 5.33. The van der Waals surface area contributed by atoms with E-state index in [1.165, 1.54) is 6.07 Å². The van der Waals surface area contributed by atoms with Gasteiger partial charge in [-0.05, 0) is 30.9 Å². The maximum absolute atomic E-state index is 11.1. The molecule has 0 saturated carbocycles. The summed E-state index contributed by atoms with van der Waals surface area (Å²) in [4.78, 5) is 12.7. The van der Waals surface area contributed by atoms with E-state index in [1.807, 2.05) is 11.9 Å². The number of anilines is 1. The minimum Gasteiger partial charge on any atom is -0.392 e. The van der Waals surface area contributed by atoms with Gasteiger partial charge in [0.05, 0.1) is 11.5 Å². The van der Waals surface area contributed by atoms with Gasteiger partial charge in [-0.3, -0.25) is 10.1 Å². The molecule has 0 aliphatic carbocycles. The van der Waals surface area contributed by atoms with Crippen LogP contribution in [0.25, 0.3) is 0 Å². The standard InChI is InChI=1S/C14H22N2O3/c1-10(2)7-11(3)15(4)13-6-5-12(9-17)8-14(13)16(18)19/h5-6,8,10-11,17H,7,9H2,1-4H3. The van der Waals surface area contributed by atoms with Crippen LogP contribution in [-0.2, 0) is 6.61 Å². The molecule has 0 heterocycles. The first-order valence-electron chi connectivity index (χ1n) is 6.47. The van der Waals surface area contributed by atoms with Crippen LogP contribution in [0.3, 0.4) is 0 Å². The zero-order valence-corrected chi connectivity index (χ0v) is 12.0. The maximum atomic E-state index is 11.1. The third kappa shape index (κ3) is 3.92. The summed E-state index contributed by atoms with van der Waals surface area (Å²) in [5, 5.41) is 20.2. The van der Waals surface area contributed by atoms with E-state index in [0.29, 0.717) is 17.2 Å². The van der Waals surface area contributed by atoms with Crippen molar-refractivity contribution in [1.29, 1.82) is 0 Å². The molecule has 0 aliphatic rings. The predicted octanol–water partition coefficient (Wildman–Crippen LogP) is 2.96. The highest BCUT2D eigenvalue weighted by Crippen LogP contribution is 2.30. The Morgan fingerprint density at radius 3 is 2.47 bits per heavy atom. The summed E-state index contributed by atoms with van der Waals surface area (Å²) in [7, 11) is 1.87. The average molecular weight is 266 g/mol. The van der Waals surface area contributed by atoms with Crippen molar-refractivity contribution in [3.8, 4) is 0 Å². The Labute approximate surface area is 114 Å². The molecule has 0 amide bonds. The van der Waals surface area contributed by atoms with E-state index in [-0.39, 0.29) is 18.3 Å². The van der Waals surface area contributed by atoms with Gasteiger partial charge in [0, 0.05) is 19.2 Å². The van der Waals surface area contributed by atoms with Crippen LogP contribution in [-0.4, -0.2) is 23.1 Å². The van der Waals surface area contributed by atoms with Crippen LogP contribution in [0.2, 0.25) is 0 Å². The summed E-state index contributed by atoms with van der Waals surface area (Å²) in [6, 6.07) is 5.09. The number of aliphatic hydroxyl groups excluding tert-OH is 1. The molecule has 1 rings (SSSR count). The van der Waals surface area contributed by atoms with Crippen molar-refractivity contribution in [2.75, 3.05) is 11.9 Å². The van der Waals surface area contributed by atoms with Crippen LogP contribution in [0.15, 0.2) is 18.2 Å². The lowest BCUT2D eigenvalue weighted by Gasteiger charge is -2.28. The van der Waals surface area contributed by atoms with E-state index in [9.17, 15) is 10.1 Å². The maximum Gasteiger partial charge on any atom is 0.292 e. The van der Waals surface area contributed by atoms with Gasteiger partial charge < -0.3 is 10.0 Å². The van der Waals surface area contributed by atoms with Crippen molar-refractivity contribution in [2.45, 2.75) is 39.8 Å². The highest BCUT2D eigenvalue weighted by molar-refractivity contribution is 5.64. The molecule has 5 nitrogen and oxygen atoms in total. The Hall–Kier alpha value is -1.62. The molecule has 1 N–H and O–H groups in total. The normalized spacial score (nSPS) is 12.5. The quantitative estimate of drug-likeness (QED) is 0.635. The molecule has 1 aromatic rings. The van der Waals surface area contributed by atoms with Gasteiger partial charge in [0.1, 0.15) is 5.69 Å². The van der Waals surface area contributed by atoms with Gasteiger partial charge in [-0.15, -0.1) is 0 Å². The predicted molar refractivity (Wildman–Crippen MR) is 76.3 cm³/mol. The molecule has 106 valence electrons. The molecule has 19 heavy (non-hydrogen) atoms. The summed E-state index contributed by atoms with van der Waals surface area (Å²) < 4.78 is 0. The van der Waals surface area contributed by atoms with Crippen LogP contribution in [0.5, 0.6) is 0 Å². The van der Waals surface area contributed by atoms with Gasteiger partial charge >= 0.3 is 0 Å².